The molecule has 1 heterocycles. The molecule has 0 saturated heterocycles. The van der Waals surface area contributed by atoms with E-state index in [-0.39, 0.29) is 12.5 Å². The molecule has 2 rings (SSSR count). The quantitative estimate of drug-likeness (QED) is 0.623. The number of halogens is 2. The van der Waals surface area contributed by atoms with Crippen LogP contribution in [-0.2, 0) is 4.79 Å². The van der Waals surface area contributed by atoms with E-state index in [2.05, 4.69) is 26.5 Å². The van der Waals surface area contributed by atoms with Crippen LogP contribution in [0.3, 0.4) is 0 Å². The Hall–Kier alpha value is -1.37. The second-order valence-electron chi connectivity index (χ2n) is 4.13. The van der Waals surface area contributed by atoms with Gasteiger partial charge in [-0.25, -0.2) is 5.43 Å². The van der Waals surface area contributed by atoms with E-state index in [1.54, 1.807) is 24.4 Å². The fourth-order valence-corrected chi connectivity index (χ4v) is 2.87. The largest absolute Gasteiger partial charge is 0.484 e. The third-order valence-corrected chi connectivity index (χ3v) is 4.46. The van der Waals surface area contributed by atoms with Gasteiger partial charge in [0.05, 0.1) is 10.0 Å². The summed E-state index contributed by atoms with van der Waals surface area (Å²) in [6.45, 7) is 1.77. The third kappa shape index (κ3) is 5.15. The normalized spacial score (nSPS) is 10.8. The Bertz CT molecular complexity index is 673. The van der Waals surface area contributed by atoms with Gasteiger partial charge in [-0.2, -0.15) is 5.10 Å². The maximum Gasteiger partial charge on any atom is 0.277 e. The summed E-state index contributed by atoms with van der Waals surface area (Å²) in [5.41, 5.74) is 3.31. The average molecular weight is 388 g/mol. The zero-order valence-corrected chi connectivity index (χ0v) is 14.3. The van der Waals surface area contributed by atoms with Crippen LogP contribution in [0.5, 0.6) is 5.75 Å². The van der Waals surface area contributed by atoms with Crippen molar-refractivity contribution in [2.24, 2.45) is 5.10 Å². The number of thiophene rings is 1. The molecule has 0 aliphatic carbocycles. The van der Waals surface area contributed by atoms with Gasteiger partial charge in [-0.05, 0) is 58.7 Å². The van der Waals surface area contributed by atoms with Crippen molar-refractivity contribution in [3.63, 3.8) is 0 Å². The van der Waals surface area contributed by atoms with Crippen LogP contribution < -0.4 is 10.2 Å². The highest BCUT2D eigenvalue weighted by molar-refractivity contribution is 9.11. The molecule has 0 unspecified atom stereocenters. The summed E-state index contributed by atoms with van der Waals surface area (Å²) in [4.78, 5) is 12.5. The van der Waals surface area contributed by atoms with Crippen LogP contribution in [-0.4, -0.2) is 18.7 Å². The minimum Gasteiger partial charge on any atom is -0.484 e. The molecule has 4 nitrogen and oxygen atoms in total. The van der Waals surface area contributed by atoms with E-state index in [1.165, 1.54) is 11.3 Å². The summed E-state index contributed by atoms with van der Waals surface area (Å²) >= 11 is 10.8. The molecule has 0 spiro atoms. The number of rotatable bonds is 5. The van der Waals surface area contributed by atoms with Crippen LogP contribution in [0.4, 0.5) is 0 Å². The summed E-state index contributed by atoms with van der Waals surface area (Å²) in [7, 11) is 0. The molecule has 1 aromatic carbocycles. The summed E-state index contributed by atoms with van der Waals surface area (Å²) in [5, 5.41) is 4.53. The number of benzene rings is 1. The molecule has 0 aliphatic rings. The van der Waals surface area contributed by atoms with Crippen molar-refractivity contribution >= 4 is 51.0 Å². The number of ether oxygens (including phenoxy) is 1. The second kappa shape index (κ2) is 7.59. The van der Waals surface area contributed by atoms with Crippen LogP contribution in [0.15, 0.2) is 39.2 Å². The molecule has 1 aromatic heterocycles. The first-order valence-corrected chi connectivity index (χ1v) is 7.99. The van der Waals surface area contributed by atoms with E-state index in [4.69, 9.17) is 16.3 Å². The van der Waals surface area contributed by atoms with Crippen LogP contribution in [0, 0.1) is 6.92 Å². The predicted molar refractivity (Wildman–Crippen MR) is 89.4 cm³/mol. The van der Waals surface area contributed by atoms with Gasteiger partial charge in [-0.1, -0.05) is 11.6 Å². The monoisotopic (exact) mass is 386 g/mol. The molecule has 0 radical (unpaired) electrons. The first-order chi connectivity index (χ1) is 10.0. The fourth-order valence-electron chi connectivity index (χ4n) is 1.45. The maximum atomic E-state index is 11.6. The molecule has 110 valence electrons. The molecule has 0 saturated carbocycles. The number of hydrogen-bond donors (Lipinski definition) is 1. The number of hydrazone groups is 1. The second-order valence-corrected chi connectivity index (χ2v) is 7.04. The molecule has 0 aliphatic heterocycles. The van der Waals surface area contributed by atoms with E-state index >= 15 is 0 Å². The van der Waals surface area contributed by atoms with Gasteiger partial charge >= 0.3 is 0 Å². The lowest BCUT2D eigenvalue weighted by Gasteiger charge is -2.06. The van der Waals surface area contributed by atoms with Crippen LogP contribution >= 0.6 is 38.9 Å². The lowest BCUT2D eigenvalue weighted by Crippen LogP contribution is -2.24. The number of hydrogen-bond acceptors (Lipinski definition) is 4. The average Bonchev–Trinajstić information content (AvgIpc) is 2.86. The lowest BCUT2D eigenvalue weighted by atomic mass is 10.2. The molecule has 0 fully saturated rings. The van der Waals surface area contributed by atoms with Crippen molar-refractivity contribution in [1.29, 1.82) is 0 Å². The summed E-state index contributed by atoms with van der Waals surface area (Å²) in [5.74, 6) is 0.271. The molecule has 2 aromatic rings. The molecule has 7 heteroatoms. The molecular weight excluding hydrogens is 376 g/mol. The number of carbonyl (C=O) groups is 1. The number of amides is 1. The number of aryl methyl sites for hydroxylation is 1. The molecular formula is C14H12BrClN2O2S. The van der Waals surface area contributed by atoms with Crippen molar-refractivity contribution in [3.05, 3.63) is 49.6 Å². The van der Waals surface area contributed by atoms with Gasteiger partial charge in [0, 0.05) is 9.90 Å². The van der Waals surface area contributed by atoms with E-state index in [9.17, 15) is 4.79 Å². The van der Waals surface area contributed by atoms with Gasteiger partial charge in [0.15, 0.2) is 6.61 Å². The van der Waals surface area contributed by atoms with Gasteiger partial charge in [0.1, 0.15) is 5.75 Å². The zero-order valence-electron chi connectivity index (χ0n) is 11.1. The number of nitrogens with one attached hydrogen (secondary N) is 1. The Morgan fingerprint density at radius 2 is 2.29 bits per heavy atom. The van der Waals surface area contributed by atoms with Crippen LogP contribution in [0.1, 0.15) is 10.4 Å². The Kier molecular flexibility index (Phi) is 5.78. The Balaban J connectivity index is 1.79. The Morgan fingerprint density at radius 3 is 2.95 bits per heavy atom. The zero-order chi connectivity index (χ0) is 15.2. The smallest absolute Gasteiger partial charge is 0.277 e. The topological polar surface area (TPSA) is 50.7 Å². The van der Waals surface area contributed by atoms with E-state index in [0.717, 1.165) is 14.2 Å². The highest BCUT2D eigenvalue weighted by Gasteiger charge is 2.03. The van der Waals surface area contributed by atoms with Gasteiger partial charge in [0.25, 0.3) is 5.91 Å². The van der Waals surface area contributed by atoms with Gasteiger partial charge in [-0.3, -0.25) is 4.79 Å². The van der Waals surface area contributed by atoms with Gasteiger partial charge < -0.3 is 4.74 Å². The maximum absolute atomic E-state index is 11.6. The molecule has 1 amide bonds. The number of nitrogens with zero attached hydrogens (tertiary/aromatic N) is 1. The highest BCUT2D eigenvalue weighted by Crippen LogP contribution is 2.21. The van der Waals surface area contributed by atoms with Crippen molar-refractivity contribution < 1.29 is 9.53 Å². The lowest BCUT2D eigenvalue weighted by molar-refractivity contribution is -0.123. The highest BCUT2D eigenvalue weighted by atomic mass is 79.9. The Labute approximate surface area is 139 Å². The SMILES string of the molecule is Cc1cc(OCC(=O)N/N=C/c2ccc(Br)s2)ccc1Cl. The van der Waals surface area contributed by atoms with Crippen molar-refractivity contribution in [2.75, 3.05) is 6.61 Å². The Morgan fingerprint density at radius 1 is 1.48 bits per heavy atom. The molecule has 1 N–H and O–H groups in total. The van der Waals surface area contributed by atoms with Gasteiger partial charge in [-0.15, -0.1) is 11.3 Å². The van der Waals surface area contributed by atoms with Gasteiger partial charge in [0.2, 0.25) is 0 Å². The summed E-state index contributed by atoms with van der Waals surface area (Å²) in [6, 6.07) is 9.05. The standard InChI is InChI=1S/C14H12BrClN2O2S/c1-9-6-10(2-4-12(9)16)20-8-14(19)18-17-7-11-3-5-13(15)21-11/h2-7H,8H2,1H3,(H,18,19)/b17-7+. The van der Waals surface area contributed by atoms with Crippen molar-refractivity contribution in [2.45, 2.75) is 6.92 Å². The van der Waals surface area contributed by atoms with Crippen molar-refractivity contribution in [3.8, 4) is 5.75 Å². The first kappa shape index (κ1) is 16.0. The third-order valence-electron chi connectivity index (χ3n) is 2.47. The van der Waals surface area contributed by atoms with E-state index in [1.807, 2.05) is 19.1 Å². The first-order valence-electron chi connectivity index (χ1n) is 6.01. The van der Waals surface area contributed by atoms with E-state index < -0.39 is 0 Å². The summed E-state index contributed by atoms with van der Waals surface area (Å²) < 4.78 is 6.37. The number of carbonyl (C=O) groups excluding carboxylic acids is 1. The van der Waals surface area contributed by atoms with Crippen LogP contribution in [0.25, 0.3) is 0 Å². The van der Waals surface area contributed by atoms with Crippen LogP contribution in [0.2, 0.25) is 5.02 Å². The molecule has 21 heavy (non-hydrogen) atoms. The van der Waals surface area contributed by atoms with Crippen molar-refractivity contribution in [1.82, 2.24) is 5.43 Å². The molecule has 0 bridgehead atoms. The predicted octanol–water partition coefficient (Wildman–Crippen LogP) is 4.00. The minimum absolute atomic E-state index is 0.105. The fraction of sp³-hybridized carbons (Fsp3) is 0.143. The summed E-state index contributed by atoms with van der Waals surface area (Å²) in [6.07, 6.45) is 1.58. The van der Waals surface area contributed by atoms with E-state index in [0.29, 0.717) is 10.8 Å². The molecule has 0 atom stereocenters. The minimum atomic E-state index is -0.325.